The molecule has 1 atom stereocenters. The van der Waals surface area contributed by atoms with Crippen LogP contribution in [0.5, 0.6) is 0 Å². The number of anilines is 1. The van der Waals surface area contributed by atoms with E-state index in [9.17, 15) is 18.0 Å². The van der Waals surface area contributed by atoms with Gasteiger partial charge in [-0.2, -0.15) is 0 Å². The number of likely N-dealkylation sites (tertiary alicyclic amines) is 1. The molecule has 1 saturated heterocycles. The normalized spacial score (nSPS) is 18.9. The molecule has 2 rings (SSSR count). The molecule has 2 amide bonds. The average molecular weight is 311 g/mol. The molecule has 0 saturated carbocycles. The Morgan fingerprint density at radius 3 is 2.57 bits per heavy atom. The Morgan fingerprint density at radius 1 is 1.38 bits per heavy atom. The molecule has 0 aliphatic carbocycles. The zero-order valence-electron chi connectivity index (χ0n) is 11.8. The Balaban J connectivity index is 2.24. The molecule has 0 bridgehead atoms. The predicted octanol–water partition coefficient (Wildman–Crippen LogP) is -0.367. The Labute approximate surface area is 123 Å². The fraction of sp³-hybridized carbons (Fsp3) is 0.385. The van der Waals surface area contributed by atoms with E-state index in [1.807, 2.05) is 0 Å². The van der Waals surface area contributed by atoms with E-state index in [4.69, 9.17) is 5.73 Å². The van der Waals surface area contributed by atoms with Gasteiger partial charge >= 0.3 is 0 Å². The largest absolute Gasteiger partial charge is 0.399 e. The fourth-order valence-electron chi connectivity index (χ4n) is 2.17. The van der Waals surface area contributed by atoms with Crippen LogP contribution in [0.1, 0.15) is 16.8 Å². The lowest BCUT2D eigenvalue weighted by Gasteiger charge is -2.13. The van der Waals surface area contributed by atoms with Gasteiger partial charge in [-0.15, -0.1) is 0 Å². The van der Waals surface area contributed by atoms with Gasteiger partial charge in [0.05, 0.1) is 4.90 Å². The van der Waals surface area contributed by atoms with Crippen LogP contribution >= 0.6 is 0 Å². The van der Waals surface area contributed by atoms with Crippen LogP contribution in [0.3, 0.4) is 0 Å². The number of hydrogen-bond donors (Lipinski definition) is 2. The molecule has 1 aromatic carbocycles. The molecule has 7 nitrogen and oxygen atoms in total. The molecular formula is C13H17N3O4S. The smallest absolute Gasteiger partial charge is 0.252 e. The van der Waals surface area contributed by atoms with Crippen molar-refractivity contribution in [1.82, 2.24) is 10.2 Å². The number of likely N-dealkylation sites (N-methyl/N-ethyl adjacent to an activating group) is 1. The van der Waals surface area contributed by atoms with Crippen LogP contribution in [0.2, 0.25) is 0 Å². The number of nitrogens with zero attached hydrogens (tertiary/aromatic N) is 1. The van der Waals surface area contributed by atoms with Gasteiger partial charge in [-0.05, 0) is 24.6 Å². The third-order valence-corrected chi connectivity index (χ3v) is 4.44. The second kappa shape index (κ2) is 5.36. The number of carbonyl (C=O) groups is 2. The van der Waals surface area contributed by atoms with Gasteiger partial charge in [0.1, 0.15) is 6.04 Å². The molecule has 3 N–H and O–H groups in total. The van der Waals surface area contributed by atoms with Crippen LogP contribution in [0.25, 0.3) is 0 Å². The summed E-state index contributed by atoms with van der Waals surface area (Å²) in [5, 5.41) is 2.60. The summed E-state index contributed by atoms with van der Waals surface area (Å²) in [6, 6.07) is 3.35. The number of nitrogen functional groups attached to an aromatic ring is 1. The van der Waals surface area contributed by atoms with Crippen molar-refractivity contribution in [3.8, 4) is 0 Å². The second-order valence-corrected chi connectivity index (χ2v) is 7.15. The van der Waals surface area contributed by atoms with E-state index in [2.05, 4.69) is 5.32 Å². The molecule has 1 heterocycles. The molecule has 8 heteroatoms. The fourth-order valence-corrected chi connectivity index (χ4v) is 2.86. The van der Waals surface area contributed by atoms with Crippen molar-refractivity contribution in [2.24, 2.45) is 0 Å². The number of rotatable bonds is 3. The minimum atomic E-state index is -3.46. The molecule has 0 aromatic heterocycles. The number of hydrogen-bond acceptors (Lipinski definition) is 5. The first kappa shape index (κ1) is 15.3. The highest BCUT2D eigenvalue weighted by atomic mass is 32.2. The van der Waals surface area contributed by atoms with E-state index < -0.39 is 21.8 Å². The van der Waals surface area contributed by atoms with E-state index in [0.29, 0.717) is 13.0 Å². The summed E-state index contributed by atoms with van der Waals surface area (Å²) in [4.78, 5) is 25.4. The molecule has 1 aromatic rings. The zero-order valence-corrected chi connectivity index (χ0v) is 12.6. The van der Waals surface area contributed by atoms with Gasteiger partial charge in [-0.3, -0.25) is 9.59 Å². The number of nitrogens with one attached hydrogen (secondary N) is 1. The topological polar surface area (TPSA) is 110 Å². The SMILES string of the molecule is CN1CCC(NC(=O)c2cc(N)cc(S(C)(=O)=O)c2)C1=O. The summed E-state index contributed by atoms with van der Waals surface area (Å²) in [6.07, 6.45) is 1.57. The summed E-state index contributed by atoms with van der Waals surface area (Å²) in [5.41, 5.74) is 5.93. The minimum absolute atomic E-state index is 0.0254. The first-order chi connectivity index (χ1) is 9.68. The minimum Gasteiger partial charge on any atom is -0.399 e. The van der Waals surface area contributed by atoms with Gasteiger partial charge < -0.3 is 16.0 Å². The van der Waals surface area contributed by atoms with E-state index in [1.54, 1.807) is 7.05 Å². The zero-order chi connectivity index (χ0) is 15.8. The summed E-state index contributed by atoms with van der Waals surface area (Å²) in [6.45, 7) is 0.579. The number of sulfone groups is 1. The monoisotopic (exact) mass is 311 g/mol. The van der Waals surface area contributed by atoms with Gasteiger partial charge in [0.25, 0.3) is 5.91 Å². The van der Waals surface area contributed by atoms with E-state index in [0.717, 1.165) is 6.26 Å². The third-order valence-electron chi connectivity index (χ3n) is 3.35. The number of carbonyl (C=O) groups excluding carboxylic acids is 2. The quantitative estimate of drug-likeness (QED) is 0.740. The summed E-state index contributed by atoms with van der Waals surface area (Å²) in [7, 11) is -1.80. The van der Waals surface area contributed by atoms with Gasteiger partial charge in [-0.25, -0.2) is 8.42 Å². The number of nitrogens with two attached hydrogens (primary N) is 1. The lowest BCUT2D eigenvalue weighted by Crippen LogP contribution is -2.40. The number of amides is 2. The maximum atomic E-state index is 12.2. The first-order valence-corrected chi connectivity index (χ1v) is 8.24. The van der Waals surface area contributed by atoms with Crippen molar-refractivity contribution in [3.63, 3.8) is 0 Å². The molecule has 1 aliphatic heterocycles. The van der Waals surface area contributed by atoms with E-state index in [-0.39, 0.29) is 22.1 Å². The van der Waals surface area contributed by atoms with Crippen molar-refractivity contribution < 1.29 is 18.0 Å². The summed E-state index contributed by atoms with van der Waals surface area (Å²) in [5.74, 6) is -0.670. The average Bonchev–Trinajstić information content (AvgIpc) is 2.69. The van der Waals surface area contributed by atoms with Crippen molar-refractivity contribution in [3.05, 3.63) is 23.8 Å². The van der Waals surface area contributed by atoms with Crippen LogP contribution in [0, 0.1) is 0 Å². The number of benzene rings is 1. The summed E-state index contributed by atoms with van der Waals surface area (Å²) < 4.78 is 23.1. The van der Waals surface area contributed by atoms with Crippen LogP contribution in [0.4, 0.5) is 5.69 Å². The predicted molar refractivity (Wildman–Crippen MR) is 77.5 cm³/mol. The molecule has 21 heavy (non-hydrogen) atoms. The Hall–Kier alpha value is -2.09. The Bertz CT molecular complexity index is 699. The van der Waals surface area contributed by atoms with Gasteiger partial charge in [0, 0.05) is 31.1 Å². The lowest BCUT2D eigenvalue weighted by atomic mass is 10.1. The van der Waals surface area contributed by atoms with Crippen molar-refractivity contribution in [1.29, 1.82) is 0 Å². The van der Waals surface area contributed by atoms with Gasteiger partial charge in [-0.1, -0.05) is 0 Å². The maximum absolute atomic E-state index is 12.2. The van der Waals surface area contributed by atoms with Crippen molar-refractivity contribution in [2.75, 3.05) is 25.6 Å². The van der Waals surface area contributed by atoms with E-state index >= 15 is 0 Å². The van der Waals surface area contributed by atoms with E-state index in [1.165, 1.54) is 23.1 Å². The van der Waals surface area contributed by atoms with Gasteiger partial charge in [0.2, 0.25) is 5.91 Å². The lowest BCUT2D eigenvalue weighted by molar-refractivity contribution is -0.128. The van der Waals surface area contributed by atoms with Crippen LogP contribution in [0.15, 0.2) is 23.1 Å². The maximum Gasteiger partial charge on any atom is 0.252 e. The molecule has 114 valence electrons. The first-order valence-electron chi connectivity index (χ1n) is 6.35. The van der Waals surface area contributed by atoms with Crippen molar-refractivity contribution in [2.45, 2.75) is 17.4 Å². The highest BCUT2D eigenvalue weighted by Crippen LogP contribution is 2.17. The third kappa shape index (κ3) is 3.33. The van der Waals surface area contributed by atoms with Crippen LogP contribution in [-0.2, 0) is 14.6 Å². The molecule has 1 fully saturated rings. The molecule has 1 unspecified atom stereocenters. The molecular weight excluding hydrogens is 294 g/mol. The Kier molecular flexibility index (Phi) is 3.91. The van der Waals surface area contributed by atoms with Crippen LogP contribution < -0.4 is 11.1 Å². The molecule has 0 radical (unpaired) electrons. The highest BCUT2D eigenvalue weighted by molar-refractivity contribution is 7.90. The molecule has 0 spiro atoms. The Morgan fingerprint density at radius 2 is 2.05 bits per heavy atom. The van der Waals surface area contributed by atoms with Crippen LogP contribution in [-0.4, -0.2) is 51.0 Å². The van der Waals surface area contributed by atoms with Gasteiger partial charge in [0.15, 0.2) is 9.84 Å². The highest BCUT2D eigenvalue weighted by Gasteiger charge is 2.30. The summed E-state index contributed by atoms with van der Waals surface area (Å²) >= 11 is 0. The second-order valence-electron chi connectivity index (χ2n) is 5.14. The standard InChI is InChI=1S/C13H17N3O4S/c1-16-4-3-11(13(16)18)15-12(17)8-5-9(14)7-10(6-8)21(2,19)20/h5-7,11H,3-4,14H2,1-2H3,(H,15,17). The molecule has 1 aliphatic rings. The van der Waals surface area contributed by atoms with Crippen molar-refractivity contribution >= 4 is 27.3 Å².